The van der Waals surface area contributed by atoms with Gasteiger partial charge in [0.15, 0.2) is 0 Å². The first kappa shape index (κ1) is 22.5. The second-order valence-electron chi connectivity index (χ2n) is 9.27. The summed E-state index contributed by atoms with van der Waals surface area (Å²) in [6.07, 6.45) is 10.3. The largest absolute Gasteiger partial charge is 0.494 e. The van der Waals surface area contributed by atoms with Crippen LogP contribution in [0.25, 0.3) is 16.6 Å². The molecule has 0 unspecified atom stereocenters. The fourth-order valence-corrected chi connectivity index (χ4v) is 5.20. The van der Waals surface area contributed by atoms with E-state index in [0.717, 1.165) is 29.5 Å². The van der Waals surface area contributed by atoms with E-state index in [1.807, 2.05) is 41.2 Å². The highest BCUT2D eigenvalue weighted by Gasteiger charge is 2.48. The van der Waals surface area contributed by atoms with Crippen molar-refractivity contribution in [3.05, 3.63) is 48.5 Å². The third kappa shape index (κ3) is 3.73. The molecule has 2 aliphatic heterocycles. The van der Waals surface area contributed by atoms with Crippen LogP contribution in [0.1, 0.15) is 25.8 Å². The molecule has 0 N–H and O–H groups in total. The van der Waals surface area contributed by atoms with Gasteiger partial charge in [-0.3, -0.25) is 14.3 Å². The van der Waals surface area contributed by atoms with Crippen LogP contribution in [0.3, 0.4) is 0 Å². The zero-order chi connectivity index (χ0) is 24.0. The number of likely N-dealkylation sites (tertiary alicyclic amines) is 2. The molecule has 0 aliphatic carbocycles. The van der Waals surface area contributed by atoms with Gasteiger partial charge in [-0.1, -0.05) is 18.2 Å². The van der Waals surface area contributed by atoms with Gasteiger partial charge in [-0.05, 0) is 31.9 Å². The van der Waals surface area contributed by atoms with E-state index >= 15 is 0 Å². The van der Waals surface area contributed by atoms with Gasteiger partial charge in [-0.25, -0.2) is 4.52 Å². The van der Waals surface area contributed by atoms with E-state index in [1.165, 1.54) is 6.08 Å². The van der Waals surface area contributed by atoms with Gasteiger partial charge in [0.1, 0.15) is 11.3 Å². The number of hydrogen-bond acceptors (Lipinski definition) is 5. The Bertz CT molecular complexity index is 1270. The van der Waals surface area contributed by atoms with Crippen LogP contribution in [-0.4, -0.2) is 74.3 Å². The Labute approximate surface area is 202 Å². The first-order valence-corrected chi connectivity index (χ1v) is 11.7. The zero-order valence-corrected chi connectivity index (χ0v) is 20.0. The van der Waals surface area contributed by atoms with Gasteiger partial charge in [0.2, 0.25) is 11.8 Å². The van der Waals surface area contributed by atoms with Crippen LogP contribution in [-0.2, 0) is 9.59 Å². The molecule has 5 heterocycles. The zero-order valence-electron chi connectivity index (χ0n) is 19.3. The molecular formula is C24H27ClN6O3. The van der Waals surface area contributed by atoms with Gasteiger partial charge in [0.05, 0.1) is 36.0 Å². The number of pyridine rings is 1. The molecule has 2 amide bonds. The summed E-state index contributed by atoms with van der Waals surface area (Å²) in [7, 11) is 1.61. The average molecular weight is 483 g/mol. The SMILES string of the molecule is C=CC(=O)N1CC(C)(C(=O)N2CCC(n3cc(-c4cc(OC)c5c(Cl)cnn5c4)cn3)CC2)C1. The lowest BCUT2D eigenvalue weighted by Crippen LogP contribution is -2.64. The van der Waals surface area contributed by atoms with Gasteiger partial charge < -0.3 is 14.5 Å². The minimum Gasteiger partial charge on any atom is -0.494 e. The molecule has 0 radical (unpaired) electrons. The van der Waals surface area contributed by atoms with Crippen molar-refractivity contribution in [3.63, 3.8) is 0 Å². The number of ether oxygens (including phenoxy) is 1. The number of hydrogen-bond donors (Lipinski definition) is 0. The maximum atomic E-state index is 13.1. The Balaban J connectivity index is 1.25. The lowest BCUT2D eigenvalue weighted by Gasteiger charge is -2.49. The second kappa shape index (κ2) is 8.47. The molecule has 0 aromatic carbocycles. The van der Waals surface area contributed by atoms with Crippen LogP contribution in [0.15, 0.2) is 43.5 Å². The van der Waals surface area contributed by atoms with Crippen molar-refractivity contribution >= 4 is 28.9 Å². The Kier molecular flexibility index (Phi) is 5.59. The van der Waals surface area contributed by atoms with Gasteiger partial charge in [-0.15, -0.1) is 0 Å². The predicted octanol–water partition coefficient (Wildman–Crippen LogP) is 3.06. The van der Waals surface area contributed by atoms with Crippen molar-refractivity contribution in [1.82, 2.24) is 29.2 Å². The number of aromatic nitrogens is 4. The third-order valence-corrected chi connectivity index (χ3v) is 7.17. The normalized spacial score (nSPS) is 18.1. The number of fused-ring (bicyclic) bond motifs is 1. The molecule has 0 spiro atoms. The Hall–Kier alpha value is -3.33. The molecule has 5 rings (SSSR count). The lowest BCUT2D eigenvalue weighted by atomic mass is 9.80. The maximum absolute atomic E-state index is 13.1. The first-order chi connectivity index (χ1) is 16.3. The molecule has 178 valence electrons. The number of carbonyl (C=O) groups is 2. The topological polar surface area (TPSA) is 85.0 Å². The van der Waals surface area contributed by atoms with Gasteiger partial charge >= 0.3 is 0 Å². The summed E-state index contributed by atoms with van der Waals surface area (Å²) in [5.74, 6) is 0.654. The number of nitrogens with zero attached hydrogens (tertiary/aromatic N) is 6. The molecule has 2 fully saturated rings. The quantitative estimate of drug-likeness (QED) is 0.522. The molecule has 0 saturated carbocycles. The highest BCUT2D eigenvalue weighted by atomic mass is 35.5. The summed E-state index contributed by atoms with van der Waals surface area (Å²) < 4.78 is 9.21. The number of piperidine rings is 1. The number of halogens is 1. The summed E-state index contributed by atoms with van der Waals surface area (Å²) in [4.78, 5) is 28.4. The number of amides is 2. The summed E-state index contributed by atoms with van der Waals surface area (Å²) in [6.45, 7) is 7.71. The van der Waals surface area contributed by atoms with Gasteiger partial charge in [0.25, 0.3) is 0 Å². The first-order valence-electron chi connectivity index (χ1n) is 11.3. The van der Waals surface area contributed by atoms with Crippen LogP contribution in [0.5, 0.6) is 5.75 Å². The van der Waals surface area contributed by atoms with Crippen molar-refractivity contribution in [2.75, 3.05) is 33.3 Å². The summed E-state index contributed by atoms with van der Waals surface area (Å²) >= 11 is 6.23. The van der Waals surface area contributed by atoms with Gasteiger partial charge in [0, 0.05) is 49.7 Å². The number of methoxy groups -OCH3 is 1. The van der Waals surface area contributed by atoms with E-state index in [2.05, 4.69) is 16.8 Å². The molecule has 2 aliphatic rings. The molecule has 3 aromatic rings. The highest BCUT2D eigenvalue weighted by Crippen LogP contribution is 2.35. The Morgan fingerprint density at radius 2 is 1.88 bits per heavy atom. The van der Waals surface area contributed by atoms with Crippen molar-refractivity contribution in [2.24, 2.45) is 5.41 Å². The molecule has 10 heteroatoms. The van der Waals surface area contributed by atoms with Crippen LogP contribution in [0.4, 0.5) is 0 Å². The average Bonchev–Trinajstić information content (AvgIpc) is 3.48. The van der Waals surface area contributed by atoms with E-state index in [1.54, 1.807) is 22.7 Å². The van der Waals surface area contributed by atoms with Crippen molar-refractivity contribution in [3.8, 4) is 16.9 Å². The van der Waals surface area contributed by atoms with Gasteiger partial charge in [-0.2, -0.15) is 10.2 Å². The summed E-state index contributed by atoms with van der Waals surface area (Å²) in [5.41, 5.74) is 2.12. The summed E-state index contributed by atoms with van der Waals surface area (Å²) in [6, 6.07) is 2.15. The standard InChI is InChI=1S/C24H27ClN6O3/c1-4-21(32)29-14-24(2,15-29)23(33)28-7-5-18(6-8-28)30-13-17(10-26-30)16-9-20(34-3)22-19(25)11-27-31(22)12-16/h4,9-13,18H,1,5-8,14-15H2,2-3H3. The fraction of sp³-hybridized carbons (Fsp3) is 0.417. The van der Waals surface area contributed by atoms with E-state index in [4.69, 9.17) is 16.3 Å². The minimum absolute atomic E-state index is 0.120. The molecule has 0 bridgehead atoms. The Morgan fingerprint density at radius 3 is 2.56 bits per heavy atom. The fourth-order valence-electron chi connectivity index (χ4n) is 4.98. The van der Waals surface area contributed by atoms with Crippen LogP contribution in [0, 0.1) is 5.41 Å². The van der Waals surface area contributed by atoms with Crippen molar-refractivity contribution in [2.45, 2.75) is 25.8 Å². The molecule has 2 saturated heterocycles. The van der Waals surface area contributed by atoms with Crippen LogP contribution < -0.4 is 4.74 Å². The molecule has 3 aromatic heterocycles. The molecular weight excluding hydrogens is 456 g/mol. The molecule has 34 heavy (non-hydrogen) atoms. The number of carbonyl (C=O) groups excluding carboxylic acids is 2. The van der Waals surface area contributed by atoms with E-state index in [9.17, 15) is 9.59 Å². The minimum atomic E-state index is -0.503. The van der Waals surface area contributed by atoms with E-state index in [-0.39, 0.29) is 17.9 Å². The highest BCUT2D eigenvalue weighted by molar-refractivity contribution is 6.34. The van der Waals surface area contributed by atoms with Crippen molar-refractivity contribution in [1.29, 1.82) is 0 Å². The van der Waals surface area contributed by atoms with Crippen LogP contribution >= 0.6 is 11.6 Å². The smallest absolute Gasteiger partial charge is 0.246 e. The van der Waals surface area contributed by atoms with E-state index < -0.39 is 5.41 Å². The van der Waals surface area contributed by atoms with Crippen molar-refractivity contribution < 1.29 is 14.3 Å². The number of rotatable bonds is 5. The van der Waals surface area contributed by atoms with E-state index in [0.29, 0.717) is 37.0 Å². The Morgan fingerprint density at radius 1 is 1.15 bits per heavy atom. The molecule has 0 atom stereocenters. The van der Waals surface area contributed by atoms with Crippen LogP contribution in [0.2, 0.25) is 5.02 Å². The maximum Gasteiger partial charge on any atom is 0.246 e. The second-order valence-corrected chi connectivity index (χ2v) is 9.68. The summed E-state index contributed by atoms with van der Waals surface area (Å²) in [5, 5.41) is 9.44. The third-order valence-electron chi connectivity index (χ3n) is 6.90. The molecule has 9 nitrogen and oxygen atoms in total. The lowest BCUT2D eigenvalue weighted by molar-refractivity contribution is -0.157. The predicted molar refractivity (Wildman–Crippen MR) is 128 cm³/mol. The monoisotopic (exact) mass is 482 g/mol.